The third-order valence-electron chi connectivity index (χ3n) is 2.17. The van der Waals surface area contributed by atoms with E-state index >= 15 is 0 Å². The second-order valence-electron chi connectivity index (χ2n) is 3.83. The molecular weight excluding hydrogens is 188 g/mol. The van der Waals surface area contributed by atoms with Gasteiger partial charge in [0.1, 0.15) is 0 Å². The summed E-state index contributed by atoms with van der Waals surface area (Å²) in [6.07, 6.45) is 1.08. The van der Waals surface area contributed by atoms with Crippen molar-refractivity contribution in [3.63, 3.8) is 0 Å². The monoisotopic (exact) mass is 206 g/mol. The molecule has 0 radical (unpaired) electrons. The van der Waals surface area contributed by atoms with Gasteiger partial charge < -0.3 is 10.6 Å². The van der Waals surface area contributed by atoms with E-state index < -0.39 is 0 Å². The van der Waals surface area contributed by atoms with Gasteiger partial charge in [0.2, 0.25) is 5.91 Å². The summed E-state index contributed by atoms with van der Waals surface area (Å²) in [6.45, 7) is 6.86. The first-order valence-corrected chi connectivity index (χ1v) is 4.68. The van der Waals surface area contributed by atoms with Crippen LogP contribution in [-0.4, -0.2) is 25.5 Å². The molecule has 78 valence electrons. The molecule has 4 heteroatoms. The van der Waals surface area contributed by atoms with Gasteiger partial charge in [-0.2, -0.15) is 0 Å². The number of nitrogens with one attached hydrogen (secondary N) is 2. The lowest BCUT2D eigenvalue weighted by atomic mass is 10.0. The lowest BCUT2D eigenvalue weighted by Gasteiger charge is -2.25. The molecule has 2 N–H and O–H groups in total. The van der Waals surface area contributed by atoms with Crippen molar-refractivity contribution in [1.29, 1.82) is 0 Å². The molecule has 13 heavy (non-hydrogen) atoms. The van der Waals surface area contributed by atoms with E-state index in [0.29, 0.717) is 5.92 Å². The molecule has 0 aromatic carbocycles. The van der Waals surface area contributed by atoms with Gasteiger partial charge in [-0.05, 0) is 12.3 Å². The van der Waals surface area contributed by atoms with Gasteiger partial charge in [-0.1, -0.05) is 13.8 Å². The first kappa shape index (κ1) is 12.7. The summed E-state index contributed by atoms with van der Waals surface area (Å²) in [7, 11) is 0. The molecule has 0 atom stereocenters. The average Bonchev–Trinajstić information content (AvgIpc) is 1.81. The highest BCUT2D eigenvalue weighted by molar-refractivity contribution is 5.85. The van der Waals surface area contributed by atoms with Crippen molar-refractivity contribution in [2.45, 2.75) is 20.3 Å². The summed E-state index contributed by atoms with van der Waals surface area (Å²) in [5.41, 5.74) is 0. The van der Waals surface area contributed by atoms with E-state index in [1.165, 1.54) is 0 Å². The molecule has 1 rings (SSSR count). The lowest BCUT2D eigenvalue weighted by molar-refractivity contribution is -0.126. The Bertz CT molecular complexity index is 158. The standard InChI is InChI=1S/C9H18N2O.ClH/c1-7(2)3-4-11-9(12)8-5-10-6-8;/h7-8,10H,3-6H2,1-2H3,(H,11,12);1H. The second kappa shape index (κ2) is 6.22. The van der Waals surface area contributed by atoms with Crippen LogP contribution in [-0.2, 0) is 4.79 Å². The first-order chi connectivity index (χ1) is 5.70. The molecule has 1 fully saturated rings. The van der Waals surface area contributed by atoms with E-state index in [4.69, 9.17) is 0 Å². The van der Waals surface area contributed by atoms with Crippen molar-refractivity contribution >= 4 is 18.3 Å². The number of carbonyl (C=O) groups excluding carboxylic acids is 1. The van der Waals surface area contributed by atoms with Crippen molar-refractivity contribution in [3.8, 4) is 0 Å². The largest absolute Gasteiger partial charge is 0.356 e. The van der Waals surface area contributed by atoms with Crippen LogP contribution in [0.4, 0.5) is 0 Å². The number of carbonyl (C=O) groups is 1. The fraction of sp³-hybridized carbons (Fsp3) is 0.889. The van der Waals surface area contributed by atoms with Crippen LogP contribution in [0.25, 0.3) is 0 Å². The maximum atomic E-state index is 11.3. The Balaban J connectivity index is 0.00000144. The second-order valence-corrected chi connectivity index (χ2v) is 3.83. The van der Waals surface area contributed by atoms with Crippen LogP contribution in [0.5, 0.6) is 0 Å². The van der Waals surface area contributed by atoms with E-state index in [1.54, 1.807) is 0 Å². The quantitative estimate of drug-likeness (QED) is 0.714. The van der Waals surface area contributed by atoms with Gasteiger partial charge in [0, 0.05) is 19.6 Å². The zero-order valence-electron chi connectivity index (χ0n) is 8.30. The summed E-state index contributed by atoms with van der Waals surface area (Å²) in [4.78, 5) is 11.3. The average molecular weight is 207 g/mol. The maximum absolute atomic E-state index is 11.3. The number of rotatable bonds is 4. The lowest BCUT2D eigenvalue weighted by Crippen LogP contribution is -2.50. The zero-order valence-corrected chi connectivity index (χ0v) is 9.12. The highest BCUT2D eigenvalue weighted by Gasteiger charge is 2.23. The molecule has 1 saturated heterocycles. The molecule has 1 heterocycles. The van der Waals surface area contributed by atoms with Gasteiger partial charge in [-0.15, -0.1) is 12.4 Å². The van der Waals surface area contributed by atoms with Crippen LogP contribution in [0, 0.1) is 11.8 Å². The van der Waals surface area contributed by atoms with E-state index in [0.717, 1.165) is 26.1 Å². The van der Waals surface area contributed by atoms with Crippen LogP contribution in [0.15, 0.2) is 0 Å². The Labute approximate surface area is 86.1 Å². The van der Waals surface area contributed by atoms with Gasteiger partial charge in [-0.25, -0.2) is 0 Å². The van der Waals surface area contributed by atoms with Gasteiger partial charge in [0.25, 0.3) is 0 Å². The first-order valence-electron chi connectivity index (χ1n) is 4.68. The number of hydrogen-bond donors (Lipinski definition) is 2. The highest BCUT2D eigenvalue weighted by atomic mass is 35.5. The molecule has 1 aliphatic heterocycles. The van der Waals surface area contributed by atoms with Crippen molar-refractivity contribution in [3.05, 3.63) is 0 Å². The minimum Gasteiger partial charge on any atom is -0.356 e. The Morgan fingerprint density at radius 1 is 1.54 bits per heavy atom. The Hall–Kier alpha value is -0.280. The molecular formula is C9H19ClN2O. The summed E-state index contributed by atoms with van der Waals surface area (Å²) in [5.74, 6) is 1.12. The number of halogens is 1. The van der Waals surface area contributed by atoms with Gasteiger partial charge in [0.15, 0.2) is 0 Å². The molecule has 0 unspecified atom stereocenters. The van der Waals surface area contributed by atoms with Crippen molar-refractivity contribution < 1.29 is 4.79 Å². The Morgan fingerprint density at radius 2 is 2.15 bits per heavy atom. The normalized spacial score (nSPS) is 16.2. The van der Waals surface area contributed by atoms with E-state index in [2.05, 4.69) is 24.5 Å². The van der Waals surface area contributed by atoms with Gasteiger partial charge in [-0.3, -0.25) is 4.79 Å². The molecule has 1 amide bonds. The summed E-state index contributed by atoms with van der Waals surface area (Å²) >= 11 is 0. The van der Waals surface area contributed by atoms with Gasteiger partial charge in [0.05, 0.1) is 5.92 Å². The topological polar surface area (TPSA) is 41.1 Å². The molecule has 1 aliphatic rings. The number of amides is 1. The summed E-state index contributed by atoms with van der Waals surface area (Å²) in [6, 6.07) is 0. The van der Waals surface area contributed by atoms with E-state index in [9.17, 15) is 4.79 Å². The SMILES string of the molecule is CC(C)CCNC(=O)C1CNC1.Cl. The predicted octanol–water partition coefficient (Wildman–Crippen LogP) is 0.790. The van der Waals surface area contributed by atoms with Crippen LogP contribution in [0.1, 0.15) is 20.3 Å². The minimum absolute atomic E-state index is 0. The van der Waals surface area contributed by atoms with Gasteiger partial charge >= 0.3 is 0 Å². The van der Waals surface area contributed by atoms with E-state index in [1.807, 2.05) is 0 Å². The van der Waals surface area contributed by atoms with E-state index in [-0.39, 0.29) is 24.2 Å². The number of hydrogen-bond acceptors (Lipinski definition) is 2. The van der Waals surface area contributed by atoms with Crippen molar-refractivity contribution in [2.24, 2.45) is 11.8 Å². The third kappa shape index (κ3) is 4.48. The zero-order chi connectivity index (χ0) is 8.97. The molecule has 0 saturated carbocycles. The third-order valence-corrected chi connectivity index (χ3v) is 2.17. The van der Waals surface area contributed by atoms with Crippen molar-refractivity contribution in [2.75, 3.05) is 19.6 Å². The smallest absolute Gasteiger partial charge is 0.225 e. The molecule has 0 aromatic heterocycles. The molecule has 0 aromatic rings. The fourth-order valence-corrected chi connectivity index (χ4v) is 1.10. The highest BCUT2D eigenvalue weighted by Crippen LogP contribution is 2.02. The molecule has 3 nitrogen and oxygen atoms in total. The maximum Gasteiger partial charge on any atom is 0.225 e. The van der Waals surface area contributed by atoms with Crippen molar-refractivity contribution in [1.82, 2.24) is 10.6 Å². The molecule has 0 bridgehead atoms. The van der Waals surface area contributed by atoms with Crippen LogP contribution >= 0.6 is 12.4 Å². The Kier molecular flexibility index (Phi) is 6.08. The fourth-order valence-electron chi connectivity index (χ4n) is 1.10. The predicted molar refractivity (Wildman–Crippen MR) is 56.1 cm³/mol. The van der Waals surface area contributed by atoms with Crippen LogP contribution in [0.3, 0.4) is 0 Å². The van der Waals surface area contributed by atoms with Crippen LogP contribution in [0.2, 0.25) is 0 Å². The molecule has 0 aliphatic carbocycles. The Morgan fingerprint density at radius 3 is 2.54 bits per heavy atom. The molecule has 0 spiro atoms. The summed E-state index contributed by atoms with van der Waals surface area (Å²) in [5, 5.41) is 6.02. The minimum atomic E-state index is 0. The van der Waals surface area contributed by atoms with Crippen LogP contribution < -0.4 is 10.6 Å². The summed E-state index contributed by atoms with van der Waals surface area (Å²) < 4.78 is 0.